The maximum atomic E-state index is 10.9. The van der Waals surface area contributed by atoms with Crippen LogP contribution >= 0.6 is 0 Å². The molecule has 1 N–H and O–H groups in total. The molecule has 4 aliphatic rings. The van der Waals surface area contributed by atoms with Crippen LogP contribution in [0.1, 0.15) is 64.7 Å². The summed E-state index contributed by atoms with van der Waals surface area (Å²) in [6.07, 6.45) is 19.4. The largest absolute Gasteiger partial charge is 0.377 e. The van der Waals surface area contributed by atoms with Crippen LogP contribution in [0.3, 0.4) is 0 Å². The Hall–Kier alpha value is -0.740. The monoisotopic (exact) mass is 284 g/mol. The fourth-order valence-corrected chi connectivity index (χ4v) is 6.56. The molecule has 0 aromatic carbocycles. The lowest BCUT2D eigenvalue weighted by Gasteiger charge is -2.54. The normalized spacial score (nSPS) is 52.1. The second-order valence-electron chi connectivity index (χ2n) is 8.29. The molecule has 114 valence electrons. The van der Waals surface area contributed by atoms with Crippen molar-refractivity contribution in [1.29, 1.82) is 0 Å². The van der Waals surface area contributed by atoms with Crippen molar-refractivity contribution in [2.75, 3.05) is 0 Å². The summed E-state index contributed by atoms with van der Waals surface area (Å²) < 4.78 is 0. The van der Waals surface area contributed by atoms with Crippen molar-refractivity contribution in [3.05, 3.63) is 11.6 Å². The predicted octanol–water partition coefficient (Wildman–Crippen LogP) is 4.31. The second kappa shape index (κ2) is 4.63. The van der Waals surface area contributed by atoms with Crippen LogP contribution in [0.5, 0.6) is 0 Å². The number of fused-ring (bicyclic) bond motifs is 5. The van der Waals surface area contributed by atoms with E-state index in [4.69, 9.17) is 6.42 Å². The second-order valence-corrected chi connectivity index (χ2v) is 8.29. The summed E-state index contributed by atoms with van der Waals surface area (Å²) in [5.74, 6) is 5.98. The molecule has 0 bridgehead atoms. The third-order valence-electron chi connectivity index (χ3n) is 7.77. The molecule has 1 nitrogen and oxygen atoms in total. The zero-order valence-corrected chi connectivity index (χ0v) is 13.3. The van der Waals surface area contributed by atoms with E-state index in [1.165, 1.54) is 38.5 Å². The summed E-state index contributed by atoms with van der Waals surface area (Å²) in [7, 11) is 0. The van der Waals surface area contributed by atoms with Gasteiger partial charge in [0, 0.05) is 5.41 Å². The SMILES string of the molecule is C#C[C@]1(O)CCC2C3CCC4=CCCCC4C3CCC21C. The van der Waals surface area contributed by atoms with Crippen molar-refractivity contribution in [2.45, 2.75) is 70.3 Å². The average molecular weight is 284 g/mol. The van der Waals surface area contributed by atoms with E-state index in [0.29, 0.717) is 5.92 Å². The quantitative estimate of drug-likeness (QED) is 0.519. The van der Waals surface area contributed by atoms with Gasteiger partial charge in [0.05, 0.1) is 0 Å². The molecule has 0 saturated heterocycles. The van der Waals surface area contributed by atoms with Crippen LogP contribution in [-0.2, 0) is 0 Å². The Balaban J connectivity index is 1.66. The highest BCUT2D eigenvalue weighted by molar-refractivity contribution is 5.25. The van der Waals surface area contributed by atoms with Crippen molar-refractivity contribution >= 4 is 0 Å². The standard InChI is InChI=1S/C20H28O/c1-3-20(21)13-11-18-17-9-8-14-6-4-5-7-15(14)16(17)10-12-19(18,20)2/h1,6,15-18,21H,4-5,7-13H2,2H3/t15?,16?,17?,18?,19?,20-/m0/s1. The molecule has 3 fully saturated rings. The van der Waals surface area contributed by atoms with Crippen molar-refractivity contribution in [1.82, 2.24) is 0 Å². The van der Waals surface area contributed by atoms with Crippen LogP contribution in [-0.4, -0.2) is 10.7 Å². The van der Waals surface area contributed by atoms with Crippen LogP contribution in [0.25, 0.3) is 0 Å². The molecule has 0 amide bonds. The highest BCUT2D eigenvalue weighted by Gasteiger charge is 2.61. The Morgan fingerprint density at radius 2 is 2.05 bits per heavy atom. The number of aliphatic hydroxyl groups is 1. The van der Waals surface area contributed by atoms with E-state index in [1.54, 1.807) is 5.57 Å². The van der Waals surface area contributed by atoms with Crippen LogP contribution in [0.2, 0.25) is 0 Å². The number of terminal acetylenes is 1. The van der Waals surface area contributed by atoms with E-state index in [-0.39, 0.29) is 5.41 Å². The molecule has 0 radical (unpaired) electrons. The Labute approximate surface area is 129 Å². The summed E-state index contributed by atoms with van der Waals surface area (Å²) in [6, 6.07) is 0. The molecule has 1 heteroatoms. The van der Waals surface area contributed by atoms with E-state index in [0.717, 1.165) is 37.0 Å². The van der Waals surface area contributed by atoms with E-state index < -0.39 is 5.60 Å². The molecule has 0 aromatic rings. The summed E-state index contributed by atoms with van der Waals surface area (Å²) in [5.41, 5.74) is 0.903. The lowest BCUT2D eigenvalue weighted by atomic mass is 9.50. The first-order valence-corrected chi connectivity index (χ1v) is 8.98. The van der Waals surface area contributed by atoms with Crippen molar-refractivity contribution in [3.8, 4) is 12.3 Å². The molecule has 0 spiro atoms. The summed E-state index contributed by atoms with van der Waals surface area (Å²) in [6.45, 7) is 2.28. The third-order valence-corrected chi connectivity index (χ3v) is 7.77. The van der Waals surface area contributed by atoms with Gasteiger partial charge in [0.1, 0.15) is 5.60 Å². The van der Waals surface area contributed by atoms with Gasteiger partial charge in [0.2, 0.25) is 0 Å². The number of allylic oxidation sites excluding steroid dienone is 2. The molecule has 0 heterocycles. The predicted molar refractivity (Wildman–Crippen MR) is 85.5 cm³/mol. The van der Waals surface area contributed by atoms with Crippen LogP contribution in [0.4, 0.5) is 0 Å². The number of rotatable bonds is 0. The fourth-order valence-electron chi connectivity index (χ4n) is 6.56. The smallest absolute Gasteiger partial charge is 0.130 e. The molecule has 4 aliphatic carbocycles. The maximum absolute atomic E-state index is 10.9. The van der Waals surface area contributed by atoms with Gasteiger partial charge < -0.3 is 5.11 Å². The summed E-state index contributed by atoms with van der Waals surface area (Å²) in [5, 5.41) is 10.9. The van der Waals surface area contributed by atoms with Gasteiger partial charge in [-0.05, 0) is 81.5 Å². The van der Waals surface area contributed by atoms with Crippen molar-refractivity contribution in [3.63, 3.8) is 0 Å². The van der Waals surface area contributed by atoms with Crippen molar-refractivity contribution in [2.24, 2.45) is 29.1 Å². The Bertz CT molecular complexity index is 512. The molecular formula is C20H28O. The first-order valence-electron chi connectivity index (χ1n) is 8.98. The van der Waals surface area contributed by atoms with Gasteiger partial charge in [0.15, 0.2) is 0 Å². The van der Waals surface area contributed by atoms with Gasteiger partial charge in [-0.15, -0.1) is 6.42 Å². The minimum absolute atomic E-state index is 0.0290. The molecule has 0 aliphatic heterocycles. The Morgan fingerprint density at radius 3 is 2.86 bits per heavy atom. The first kappa shape index (κ1) is 13.9. The highest BCUT2D eigenvalue weighted by atomic mass is 16.3. The first-order chi connectivity index (χ1) is 10.1. The Morgan fingerprint density at radius 1 is 1.19 bits per heavy atom. The molecule has 3 saturated carbocycles. The average Bonchev–Trinajstić information content (AvgIpc) is 2.79. The van der Waals surface area contributed by atoms with Crippen molar-refractivity contribution < 1.29 is 5.11 Å². The zero-order valence-electron chi connectivity index (χ0n) is 13.3. The molecule has 5 unspecified atom stereocenters. The van der Waals surface area contributed by atoms with E-state index >= 15 is 0 Å². The third kappa shape index (κ3) is 1.75. The van der Waals surface area contributed by atoms with Gasteiger partial charge in [-0.1, -0.05) is 24.5 Å². The molecule has 4 rings (SSSR count). The number of hydrogen-bond acceptors (Lipinski definition) is 1. The maximum Gasteiger partial charge on any atom is 0.130 e. The van der Waals surface area contributed by atoms with E-state index in [2.05, 4.69) is 18.9 Å². The molecule has 21 heavy (non-hydrogen) atoms. The lowest BCUT2D eigenvalue weighted by Crippen LogP contribution is -2.52. The lowest BCUT2D eigenvalue weighted by molar-refractivity contribution is -0.0857. The molecule has 6 atom stereocenters. The minimum atomic E-state index is -0.842. The number of hydrogen-bond donors (Lipinski definition) is 1. The van der Waals surface area contributed by atoms with Gasteiger partial charge in [-0.2, -0.15) is 0 Å². The highest BCUT2D eigenvalue weighted by Crippen LogP contribution is 2.64. The summed E-state index contributed by atoms with van der Waals surface area (Å²) in [4.78, 5) is 0. The zero-order chi connectivity index (χ0) is 14.7. The minimum Gasteiger partial charge on any atom is -0.377 e. The fraction of sp³-hybridized carbons (Fsp3) is 0.800. The van der Waals surface area contributed by atoms with Gasteiger partial charge in [-0.25, -0.2) is 0 Å². The van der Waals surface area contributed by atoms with Crippen LogP contribution < -0.4 is 0 Å². The van der Waals surface area contributed by atoms with E-state index in [1.807, 2.05) is 0 Å². The molecular weight excluding hydrogens is 256 g/mol. The van der Waals surface area contributed by atoms with Gasteiger partial charge in [-0.3, -0.25) is 0 Å². The van der Waals surface area contributed by atoms with Gasteiger partial charge in [0.25, 0.3) is 0 Å². The summed E-state index contributed by atoms with van der Waals surface area (Å²) >= 11 is 0. The molecule has 0 aromatic heterocycles. The van der Waals surface area contributed by atoms with E-state index in [9.17, 15) is 5.11 Å². The van der Waals surface area contributed by atoms with Gasteiger partial charge >= 0.3 is 0 Å². The van der Waals surface area contributed by atoms with Crippen LogP contribution in [0.15, 0.2) is 11.6 Å². The topological polar surface area (TPSA) is 20.2 Å². The Kier molecular flexibility index (Phi) is 3.06. The van der Waals surface area contributed by atoms with Crippen LogP contribution in [0, 0.1) is 41.4 Å².